The van der Waals surface area contributed by atoms with Crippen LogP contribution in [0.1, 0.15) is 36.0 Å². The van der Waals surface area contributed by atoms with Gasteiger partial charge in [-0.2, -0.15) is 0 Å². The number of morpholine rings is 1. The lowest BCUT2D eigenvalue weighted by Gasteiger charge is -2.43. The summed E-state index contributed by atoms with van der Waals surface area (Å²) in [5, 5.41) is 2.73. The van der Waals surface area contributed by atoms with Crippen molar-refractivity contribution >= 4 is 27.7 Å². The number of halogens is 1. The Morgan fingerprint density at radius 3 is 2.96 bits per heavy atom. The molecule has 1 aliphatic carbocycles. The summed E-state index contributed by atoms with van der Waals surface area (Å²) in [7, 11) is 0. The maximum absolute atomic E-state index is 12.5. The van der Waals surface area contributed by atoms with Crippen LogP contribution < -0.4 is 5.32 Å². The zero-order valence-corrected chi connectivity index (χ0v) is 14.5. The first kappa shape index (κ1) is 16.5. The number of fused-ring (bicyclic) bond motifs is 1. The van der Waals surface area contributed by atoms with Gasteiger partial charge in [-0.1, -0.05) is 34.8 Å². The Labute approximate surface area is 144 Å². The molecule has 6 heteroatoms. The van der Waals surface area contributed by atoms with Crippen molar-refractivity contribution in [1.29, 1.82) is 0 Å². The molecule has 0 radical (unpaired) electrons. The van der Waals surface area contributed by atoms with E-state index in [9.17, 15) is 9.59 Å². The van der Waals surface area contributed by atoms with Gasteiger partial charge in [0.2, 0.25) is 5.91 Å². The number of amides is 2. The van der Waals surface area contributed by atoms with Gasteiger partial charge in [-0.15, -0.1) is 0 Å². The van der Waals surface area contributed by atoms with Crippen LogP contribution >= 0.6 is 15.9 Å². The van der Waals surface area contributed by atoms with Gasteiger partial charge in [-0.05, 0) is 31.0 Å². The van der Waals surface area contributed by atoms with Crippen LogP contribution in [-0.4, -0.2) is 48.6 Å². The van der Waals surface area contributed by atoms with E-state index in [1.165, 1.54) is 6.42 Å². The lowest BCUT2D eigenvalue weighted by atomic mass is 9.90. The summed E-state index contributed by atoms with van der Waals surface area (Å²) >= 11 is 3.34. The fraction of sp³-hybridized carbons (Fsp3) is 0.529. The number of rotatable bonds is 3. The molecule has 1 saturated carbocycles. The number of carbonyl (C=O) groups excluding carboxylic acids is 2. The topological polar surface area (TPSA) is 58.6 Å². The zero-order chi connectivity index (χ0) is 16.2. The Morgan fingerprint density at radius 2 is 2.13 bits per heavy atom. The third-order valence-electron chi connectivity index (χ3n) is 4.54. The first-order valence-corrected chi connectivity index (χ1v) is 8.89. The quantitative estimate of drug-likeness (QED) is 0.875. The van der Waals surface area contributed by atoms with Gasteiger partial charge in [-0.3, -0.25) is 9.59 Å². The summed E-state index contributed by atoms with van der Waals surface area (Å²) in [5.41, 5.74) is 0.546. The number of carbonyl (C=O) groups is 2. The summed E-state index contributed by atoms with van der Waals surface area (Å²) < 4.78 is 6.63. The summed E-state index contributed by atoms with van der Waals surface area (Å²) in [5.74, 6) is -0.248. The van der Waals surface area contributed by atoms with Crippen molar-refractivity contribution in [2.24, 2.45) is 0 Å². The highest BCUT2D eigenvalue weighted by Gasteiger charge is 2.36. The fourth-order valence-corrected chi connectivity index (χ4v) is 3.79. The smallest absolute Gasteiger partial charge is 0.251 e. The molecule has 0 bridgehead atoms. The van der Waals surface area contributed by atoms with Crippen molar-refractivity contribution < 1.29 is 14.3 Å². The third kappa shape index (κ3) is 3.93. The average Bonchev–Trinajstić information content (AvgIpc) is 2.59. The normalized spacial score (nSPS) is 24.0. The summed E-state index contributed by atoms with van der Waals surface area (Å²) in [4.78, 5) is 26.5. The number of hydrogen-bond acceptors (Lipinski definition) is 3. The van der Waals surface area contributed by atoms with Crippen LogP contribution in [0.4, 0.5) is 0 Å². The van der Waals surface area contributed by atoms with E-state index < -0.39 is 0 Å². The molecule has 0 unspecified atom stereocenters. The van der Waals surface area contributed by atoms with E-state index in [1.807, 2.05) is 11.0 Å². The first-order valence-electron chi connectivity index (χ1n) is 8.10. The van der Waals surface area contributed by atoms with Crippen LogP contribution in [0, 0.1) is 0 Å². The van der Waals surface area contributed by atoms with Crippen molar-refractivity contribution in [3.05, 3.63) is 34.3 Å². The second-order valence-corrected chi connectivity index (χ2v) is 6.96. The second-order valence-electron chi connectivity index (χ2n) is 6.04. The van der Waals surface area contributed by atoms with Gasteiger partial charge in [0.15, 0.2) is 0 Å². The number of nitrogens with zero attached hydrogens (tertiary/aromatic N) is 1. The molecule has 1 heterocycles. The molecule has 5 nitrogen and oxygen atoms in total. The lowest BCUT2D eigenvalue weighted by Crippen LogP contribution is -2.56. The monoisotopic (exact) mass is 380 g/mol. The standard InChI is InChI=1S/C17H21BrN2O3/c18-13-5-3-4-12(10-13)17(22)19-11-16(21)20-8-9-23-15-7-2-1-6-14(15)20/h3-5,10,14-15H,1-2,6-9,11H2,(H,19,22)/t14-,15+/m0/s1. The van der Waals surface area contributed by atoms with E-state index in [0.717, 1.165) is 23.7 Å². The van der Waals surface area contributed by atoms with Gasteiger partial charge in [0.05, 0.1) is 25.3 Å². The Hall–Kier alpha value is -1.40. The Bertz CT molecular complexity index is 591. The maximum atomic E-state index is 12.5. The molecule has 2 amide bonds. The molecule has 1 aromatic carbocycles. The van der Waals surface area contributed by atoms with E-state index in [2.05, 4.69) is 21.2 Å². The van der Waals surface area contributed by atoms with Crippen LogP contribution in [0.25, 0.3) is 0 Å². The molecule has 2 fully saturated rings. The van der Waals surface area contributed by atoms with Crippen molar-refractivity contribution in [3.63, 3.8) is 0 Å². The molecule has 1 aliphatic heterocycles. The Balaban J connectivity index is 1.57. The highest BCUT2D eigenvalue weighted by molar-refractivity contribution is 9.10. The Morgan fingerprint density at radius 1 is 1.30 bits per heavy atom. The van der Waals surface area contributed by atoms with Gasteiger partial charge in [0, 0.05) is 16.6 Å². The van der Waals surface area contributed by atoms with E-state index in [1.54, 1.807) is 18.2 Å². The van der Waals surface area contributed by atoms with Gasteiger partial charge in [0.1, 0.15) is 0 Å². The molecule has 1 aromatic rings. The molecule has 2 atom stereocenters. The largest absolute Gasteiger partial charge is 0.374 e. The molecule has 1 saturated heterocycles. The predicted octanol–water partition coefficient (Wildman–Crippen LogP) is 2.35. The van der Waals surface area contributed by atoms with Crippen molar-refractivity contribution in [3.8, 4) is 0 Å². The minimum atomic E-state index is -0.229. The third-order valence-corrected chi connectivity index (χ3v) is 5.03. The fourth-order valence-electron chi connectivity index (χ4n) is 3.40. The van der Waals surface area contributed by atoms with E-state index in [4.69, 9.17) is 4.74 Å². The molecule has 0 aromatic heterocycles. The van der Waals surface area contributed by atoms with Gasteiger partial charge in [-0.25, -0.2) is 0 Å². The molecular formula is C17H21BrN2O3. The lowest BCUT2D eigenvalue weighted by molar-refractivity contribution is -0.148. The molecular weight excluding hydrogens is 360 g/mol. The maximum Gasteiger partial charge on any atom is 0.251 e. The number of ether oxygens (including phenoxy) is 1. The molecule has 1 N–H and O–H groups in total. The minimum Gasteiger partial charge on any atom is -0.374 e. The van der Waals surface area contributed by atoms with Crippen molar-refractivity contribution in [1.82, 2.24) is 10.2 Å². The summed E-state index contributed by atoms with van der Waals surface area (Å²) in [6.07, 6.45) is 4.50. The first-order chi connectivity index (χ1) is 11.1. The van der Waals surface area contributed by atoms with Crippen LogP contribution in [0.15, 0.2) is 28.7 Å². The number of nitrogens with one attached hydrogen (secondary N) is 1. The number of hydrogen-bond donors (Lipinski definition) is 1. The van der Waals surface area contributed by atoms with Gasteiger partial charge < -0.3 is 15.0 Å². The van der Waals surface area contributed by atoms with Gasteiger partial charge >= 0.3 is 0 Å². The van der Waals surface area contributed by atoms with Crippen LogP contribution in [0.3, 0.4) is 0 Å². The average molecular weight is 381 g/mol. The van der Waals surface area contributed by atoms with Crippen molar-refractivity contribution in [2.75, 3.05) is 19.7 Å². The molecule has 124 valence electrons. The van der Waals surface area contributed by atoms with Crippen LogP contribution in [0.5, 0.6) is 0 Å². The van der Waals surface area contributed by atoms with Crippen LogP contribution in [-0.2, 0) is 9.53 Å². The SMILES string of the molecule is O=C(NCC(=O)N1CCO[C@@H]2CCCC[C@@H]21)c1cccc(Br)c1. The van der Waals surface area contributed by atoms with Crippen LogP contribution in [0.2, 0.25) is 0 Å². The Kier molecular flexibility index (Phi) is 5.33. The van der Waals surface area contributed by atoms with E-state index in [-0.39, 0.29) is 30.5 Å². The molecule has 23 heavy (non-hydrogen) atoms. The highest BCUT2D eigenvalue weighted by atomic mass is 79.9. The summed E-state index contributed by atoms with van der Waals surface area (Å²) in [6, 6.07) is 7.31. The van der Waals surface area contributed by atoms with E-state index >= 15 is 0 Å². The predicted molar refractivity (Wildman–Crippen MR) is 90.2 cm³/mol. The van der Waals surface area contributed by atoms with Gasteiger partial charge in [0.25, 0.3) is 5.91 Å². The molecule has 0 spiro atoms. The molecule has 2 aliphatic rings. The second kappa shape index (κ2) is 7.45. The highest BCUT2D eigenvalue weighted by Crippen LogP contribution is 2.28. The molecule has 3 rings (SSSR count). The summed E-state index contributed by atoms with van der Waals surface area (Å²) in [6.45, 7) is 1.24. The van der Waals surface area contributed by atoms with E-state index in [0.29, 0.717) is 18.7 Å². The number of benzene rings is 1. The zero-order valence-electron chi connectivity index (χ0n) is 13.0. The van der Waals surface area contributed by atoms with Crippen molar-refractivity contribution in [2.45, 2.75) is 37.8 Å². The minimum absolute atomic E-state index is 0.0199.